The van der Waals surface area contributed by atoms with Crippen LogP contribution in [0.25, 0.3) is 0 Å². The predicted molar refractivity (Wildman–Crippen MR) is 73.6 cm³/mol. The van der Waals surface area contributed by atoms with Gasteiger partial charge < -0.3 is 10.6 Å². The molecule has 1 fully saturated rings. The summed E-state index contributed by atoms with van der Waals surface area (Å²) in [6.07, 6.45) is 6.03. The smallest absolute Gasteiger partial charge is 0.228 e. The Bertz CT molecular complexity index is 398. The Balaban J connectivity index is 1.88. The topological polar surface area (TPSA) is 54.0 Å². The van der Waals surface area contributed by atoms with Gasteiger partial charge in [-0.25, -0.2) is 4.98 Å². The molecule has 0 bridgehead atoms. The van der Waals surface area contributed by atoms with Crippen molar-refractivity contribution in [1.29, 1.82) is 0 Å². The molecular formula is C14H21N3O. The fourth-order valence-corrected chi connectivity index (χ4v) is 1.84. The molecule has 2 N–H and O–H groups in total. The summed E-state index contributed by atoms with van der Waals surface area (Å²) < 4.78 is 0. The lowest BCUT2D eigenvalue weighted by Gasteiger charge is -2.23. The van der Waals surface area contributed by atoms with E-state index in [-0.39, 0.29) is 11.8 Å². The molecule has 0 aromatic carbocycles. The lowest BCUT2D eigenvalue weighted by atomic mass is 9.85. The number of amides is 1. The highest BCUT2D eigenvalue weighted by Gasteiger charge is 2.25. The van der Waals surface area contributed by atoms with E-state index in [0.717, 1.165) is 24.9 Å². The average Bonchev–Trinajstić information content (AvgIpc) is 2.29. The normalized spacial score (nSPS) is 16.8. The summed E-state index contributed by atoms with van der Waals surface area (Å²) in [4.78, 5) is 16.0. The largest absolute Gasteiger partial charge is 0.381 e. The van der Waals surface area contributed by atoms with Gasteiger partial charge in [-0.05, 0) is 38.3 Å². The molecule has 0 saturated heterocycles. The number of anilines is 2. The van der Waals surface area contributed by atoms with Gasteiger partial charge in [0.15, 0.2) is 0 Å². The molecule has 1 aromatic rings. The zero-order valence-electron chi connectivity index (χ0n) is 11.1. The van der Waals surface area contributed by atoms with Gasteiger partial charge in [0.25, 0.3) is 0 Å². The van der Waals surface area contributed by atoms with Crippen LogP contribution in [0, 0.1) is 5.92 Å². The standard InChI is InChI=1S/C14H21N3O/c1-3-10(2)16-12-7-8-13(15-9-12)17-14(18)11-5-4-6-11/h7-11,16H,3-6H2,1-2H3,(H,15,17,18). The molecule has 2 rings (SSSR count). The lowest BCUT2D eigenvalue weighted by molar-refractivity contribution is -0.122. The van der Waals surface area contributed by atoms with Crippen molar-refractivity contribution in [3.63, 3.8) is 0 Å². The fraction of sp³-hybridized carbons (Fsp3) is 0.571. The SMILES string of the molecule is CCC(C)Nc1ccc(NC(=O)C2CCC2)nc1. The maximum atomic E-state index is 11.7. The molecule has 1 heterocycles. The number of nitrogens with one attached hydrogen (secondary N) is 2. The summed E-state index contributed by atoms with van der Waals surface area (Å²) >= 11 is 0. The molecule has 0 radical (unpaired) electrons. The van der Waals surface area contributed by atoms with Crippen LogP contribution in [0.15, 0.2) is 18.3 Å². The van der Waals surface area contributed by atoms with E-state index in [9.17, 15) is 4.79 Å². The van der Waals surface area contributed by atoms with Crippen molar-refractivity contribution in [2.45, 2.75) is 45.6 Å². The van der Waals surface area contributed by atoms with Crippen molar-refractivity contribution in [1.82, 2.24) is 4.98 Å². The van der Waals surface area contributed by atoms with Gasteiger partial charge in [-0.1, -0.05) is 13.3 Å². The molecule has 0 aliphatic heterocycles. The number of nitrogens with zero attached hydrogens (tertiary/aromatic N) is 1. The Morgan fingerprint density at radius 3 is 2.78 bits per heavy atom. The molecule has 98 valence electrons. The van der Waals surface area contributed by atoms with Crippen LogP contribution >= 0.6 is 0 Å². The van der Waals surface area contributed by atoms with E-state index in [1.807, 2.05) is 12.1 Å². The van der Waals surface area contributed by atoms with Gasteiger partial charge in [0.2, 0.25) is 5.91 Å². The molecular weight excluding hydrogens is 226 g/mol. The second-order valence-corrected chi connectivity index (χ2v) is 5.00. The van der Waals surface area contributed by atoms with E-state index in [2.05, 4.69) is 29.5 Å². The predicted octanol–water partition coefficient (Wildman–Crippen LogP) is 3.03. The van der Waals surface area contributed by atoms with Gasteiger partial charge in [0.05, 0.1) is 11.9 Å². The Hall–Kier alpha value is -1.58. The first-order valence-corrected chi connectivity index (χ1v) is 6.72. The number of carbonyl (C=O) groups excluding carboxylic acids is 1. The number of pyridine rings is 1. The summed E-state index contributed by atoms with van der Waals surface area (Å²) in [5.41, 5.74) is 0.992. The third kappa shape index (κ3) is 3.22. The quantitative estimate of drug-likeness (QED) is 0.841. The van der Waals surface area contributed by atoms with Crippen molar-refractivity contribution in [3.05, 3.63) is 18.3 Å². The van der Waals surface area contributed by atoms with Crippen molar-refractivity contribution < 1.29 is 4.79 Å². The number of rotatable bonds is 5. The summed E-state index contributed by atoms with van der Waals surface area (Å²) in [5, 5.41) is 6.20. The van der Waals surface area contributed by atoms with Crippen LogP contribution in [0.4, 0.5) is 11.5 Å². The number of carbonyl (C=O) groups is 1. The van der Waals surface area contributed by atoms with E-state index < -0.39 is 0 Å². The van der Waals surface area contributed by atoms with Gasteiger partial charge in [0.1, 0.15) is 5.82 Å². The first-order chi connectivity index (χ1) is 8.69. The Morgan fingerprint density at radius 2 is 2.28 bits per heavy atom. The zero-order valence-corrected chi connectivity index (χ0v) is 11.1. The second-order valence-electron chi connectivity index (χ2n) is 5.00. The second kappa shape index (κ2) is 5.85. The molecule has 4 heteroatoms. The number of aromatic nitrogens is 1. The van der Waals surface area contributed by atoms with Crippen molar-refractivity contribution in [2.24, 2.45) is 5.92 Å². The minimum absolute atomic E-state index is 0.108. The maximum Gasteiger partial charge on any atom is 0.228 e. The summed E-state index contributed by atoms with van der Waals surface area (Å²) in [6.45, 7) is 4.27. The number of hydrogen-bond donors (Lipinski definition) is 2. The van der Waals surface area contributed by atoms with Crippen molar-refractivity contribution >= 4 is 17.4 Å². The molecule has 1 aromatic heterocycles. The first kappa shape index (κ1) is 12.9. The van der Waals surface area contributed by atoms with Gasteiger partial charge >= 0.3 is 0 Å². The monoisotopic (exact) mass is 247 g/mol. The van der Waals surface area contributed by atoms with Crippen molar-refractivity contribution in [2.75, 3.05) is 10.6 Å². The van der Waals surface area contributed by atoms with Crippen LogP contribution < -0.4 is 10.6 Å². The van der Waals surface area contributed by atoms with Crippen LogP contribution in [-0.2, 0) is 4.79 Å². The Labute approximate surface area is 108 Å². The van der Waals surface area contributed by atoms with Crippen molar-refractivity contribution in [3.8, 4) is 0 Å². The van der Waals surface area contributed by atoms with Crippen LogP contribution in [0.5, 0.6) is 0 Å². The average molecular weight is 247 g/mol. The highest BCUT2D eigenvalue weighted by Crippen LogP contribution is 2.27. The fourth-order valence-electron chi connectivity index (χ4n) is 1.84. The molecule has 1 unspecified atom stereocenters. The summed E-state index contributed by atoms with van der Waals surface area (Å²) in [6, 6.07) is 4.24. The third-order valence-electron chi connectivity index (χ3n) is 3.52. The molecule has 1 saturated carbocycles. The molecule has 4 nitrogen and oxygen atoms in total. The molecule has 0 spiro atoms. The summed E-state index contributed by atoms with van der Waals surface area (Å²) in [5.74, 6) is 0.947. The minimum Gasteiger partial charge on any atom is -0.381 e. The first-order valence-electron chi connectivity index (χ1n) is 6.72. The molecule has 1 aliphatic carbocycles. The Morgan fingerprint density at radius 1 is 1.50 bits per heavy atom. The Kier molecular flexibility index (Phi) is 4.18. The third-order valence-corrected chi connectivity index (χ3v) is 3.52. The number of hydrogen-bond acceptors (Lipinski definition) is 3. The molecule has 1 amide bonds. The highest BCUT2D eigenvalue weighted by molar-refractivity contribution is 5.92. The van der Waals surface area contributed by atoms with Gasteiger partial charge in [-0.15, -0.1) is 0 Å². The van der Waals surface area contributed by atoms with E-state index in [4.69, 9.17) is 0 Å². The van der Waals surface area contributed by atoms with E-state index in [0.29, 0.717) is 11.9 Å². The van der Waals surface area contributed by atoms with E-state index >= 15 is 0 Å². The summed E-state index contributed by atoms with van der Waals surface area (Å²) in [7, 11) is 0. The minimum atomic E-state index is 0.108. The van der Waals surface area contributed by atoms with Crippen LogP contribution in [0.1, 0.15) is 39.5 Å². The zero-order chi connectivity index (χ0) is 13.0. The molecule has 1 atom stereocenters. The van der Waals surface area contributed by atoms with Gasteiger partial charge in [-0.3, -0.25) is 4.79 Å². The maximum absolute atomic E-state index is 11.7. The highest BCUT2D eigenvalue weighted by atomic mass is 16.2. The molecule has 1 aliphatic rings. The van der Waals surface area contributed by atoms with Crippen LogP contribution in [0.2, 0.25) is 0 Å². The van der Waals surface area contributed by atoms with Gasteiger partial charge in [-0.2, -0.15) is 0 Å². The molecule has 18 heavy (non-hydrogen) atoms. The van der Waals surface area contributed by atoms with Gasteiger partial charge in [0, 0.05) is 12.0 Å². The lowest BCUT2D eigenvalue weighted by Crippen LogP contribution is -2.28. The van der Waals surface area contributed by atoms with Crippen LogP contribution in [0.3, 0.4) is 0 Å². The van der Waals surface area contributed by atoms with Crippen LogP contribution in [-0.4, -0.2) is 16.9 Å². The van der Waals surface area contributed by atoms with E-state index in [1.165, 1.54) is 6.42 Å². The van der Waals surface area contributed by atoms with E-state index in [1.54, 1.807) is 6.20 Å².